The Morgan fingerprint density at radius 1 is 1.16 bits per heavy atom. The monoisotopic (exact) mass is 378 g/mol. The standard InChI is InChI=1S/C18H19FN2O2S2/c1-2-3-11-21-16-9-4-5-10-17(16)25(22,23)20-18(21)24-13-14-7-6-8-15(19)12-14/h4-10,12H,2-3,11,13H2,1H3. The van der Waals surface area contributed by atoms with Crippen molar-refractivity contribution in [2.45, 2.75) is 30.4 Å². The lowest BCUT2D eigenvalue weighted by Gasteiger charge is -2.30. The van der Waals surface area contributed by atoms with Crippen LogP contribution in [0.5, 0.6) is 0 Å². The van der Waals surface area contributed by atoms with Gasteiger partial charge in [-0.25, -0.2) is 4.39 Å². The average Bonchev–Trinajstić information content (AvgIpc) is 2.59. The molecule has 0 fully saturated rings. The van der Waals surface area contributed by atoms with Crippen molar-refractivity contribution in [3.63, 3.8) is 0 Å². The lowest BCUT2D eigenvalue weighted by molar-refractivity contribution is 0.596. The van der Waals surface area contributed by atoms with Gasteiger partial charge in [-0.15, -0.1) is 4.40 Å². The summed E-state index contributed by atoms with van der Waals surface area (Å²) in [4.78, 5) is 2.19. The van der Waals surface area contributed by atoms with E-state index < -0.39 is 10.0 Å². The molecule has 0 radical (unpaired) electrons. The fourth-order valence-corrected chi connectivity index (χ4v) is 5.04. The van der Waals surface area contributed by atoms with Crippen molar-refractivity contribution in [2.75, 3.05) is 11.4 Å². The van der Waals surface area contributed by atoms with Gasteiger partial charge in [0.15, 0.2) is 5.17 Å². The molecule has 0 saturated heterocycles. The highest BCUT2D eigenvalue weighted by Crippen LogP contribution is 2.35. The average molecular weight is 378 g/mol. The van der Waals surface area contributed by atoms with Crippen LogP contribution in [-0.2, 0) is 15.8 Å². The van der Waals surface area contributed by atoms with Gasteiger partial charge in [0, 0.05) is 12.3 Å². The lowest BCUT2D eigenvalue weighted by atomic mass is 10.2. The summed E-state index contributed by atoms with van der Waals surface area (Å²) in [6.45, 7) is 2.78. The molecule has 132 valence electrons. The minimum Gasteiger partial charge on any atom is -0.319 e. The summed E-state index contributed by atoms with van der Waals surface area (Å²) < 4.78 is 42.3. The van der Waals surface area contributed by atoms with Crippen molar-refractivity contribution < 1.29 is 12.8 Å². The van der Waals surface area contributed by atoms with Crippen LogP contribution in [0.4, 0.5) is 10.1 Å². The molecule has 1 aliphatic heterocycles. The number of benzene rings is 2. The first-order valence-corrected chi connectivity index (χ1v) is 10.5. The van der Waals surface area contributed by atoms with Crippen LogP contribution >= 0.6 is 11.8 Å². The summed E-state index contributed by atoms with van der Waals surface area (Å²) in [5.74, 6) is 0.154. The van der Waals surface area contributed by atoms with Crippen LogP contribution in [0, 0.1) is 5.82 Å². The van der Waals surface area contributed by atoms with Crippen molar-refractivity contribution in [2.24, 2.45) is 4.40 Å². The fourth-order valence-electron chi connectivity index (χ4n) is 2.61. The summed E-state index contributed by atoms with van der Waals surface area (Å²) in [6.07, 6.45) is 1.92. The number of para-hydroxylation sites is 1. The molecule has 1 aliphatic rings. The number of hydrogen-bond donors (Lipinski definition) is 0. The predicted molar refractivity (Wildman–Crippen MR) is 101 cm³/mol. The molecule has 0 aromatic heterocycles. The van der Waals surface area contributed by atoms with Crippen molar-refractivity contribution >= 4 is 32.6 Å². The number of hydrogen-bond acceptors (Lipinski definition) is 4. The molecule has 1 heterocycles. The normalized spacial score (nSPS) is 15.6. The Hall–Kier alpha value is -1.86. The molecule has 7 heteroatoms. The maximum absolute atomic E-state index is 13.4. The Labute approximate surface area is 151 Å². The highest BCUT2D eigenvalue weighted by atomic mass is 32.2. The van der Waals surface area contributed by atoms with E-state index in [4.69, 9.17) is 0 Å². The zero-order valence-corrected chi connectivity index (χ0v) is 15.5. The van der Waals surface area contributed by atoms with Crippen LogP contribution < -0.4 is 4.90 Å². The molecule has 0 aliphatic carbocycles. The number of thioether (sulfide) groups is 1. The molecule has 0 amide bonds. The van der Waals surface area contributed by atoms with Gasteiger partial charge in [-0.1, -0.05) is 49.4 Å². The summed E-state index contributed by atoms with van der Waals surface area (Å²) in [5, 5.41) is 0.441. The number of halogens is 1. The number of anilines is 1. The zero-order valence-electron chi connectivity index (χ0n) is 13.9. The van der Waals surface area contributed by atoms with Crippen molar-refractivity contribution in [1.82, 2.24) is 0 Å². The maximum atomic E-state index is 13.4. The number of sulfonamides is 1. The van der Waals surface area contributed by atoms with Gasteiger partial charge in [0.1, 0.15) is 10.7 Å². The number of nitrogens with zero attached hydrogens (tertiary/aromatic N) is 2. The number of amidine groups is 1. The second-order valence-corrected chi connectivity index (χ2v) is 8.26. The Balaban J connectivity index is 1.91. The fraction of sp³-hybridized carbons (Fsp3) is 0.278. The van der Waals surface area contributed by atoms with E-state index >= 15 is 0 Å². The first kappa shape index (κ1) is 17.9. The molecular formula is C18H19FN2O2S2. The summed E-state index contributed by atoms with van der Waals surface area (Å²) in [5.41, 5.74) is 1.45. The Morgan fingerprint density at radius 3 is 2.72 bits per heavy atom. The molecule has 0 unspecified atom stereocenters. The maximum Gasteiger partial charge on any atom is 0.286 e. The van der Waals surface area contributed by atoms with Gasteiger partial charge in [-0.3, -0.25) is 0 Å². The van der Waals surface area contributed by atoms with Gasteiger partial charge < -0.3 is 4.90 Å². The lowest BCUT2D eigenvalue weighted by Crippen LogP contribution is -2.34. The van der Waals surface area contributed by atoms with Gasteiger partial charge in [-0.2, -0.15) is 8.42 Å². The zero-order chi connectivity index (χ0) is 17.9. The molecule has 25 heavy (non-hydrogen) atoms. The predicted octanol–water partition coefficient (Wildman–Crippen LogP) is 4.42. The summed E-state index contributed by atoms with van der Waals surface area (Å²) in [6, 6.07) is 13.2. The van der Waals surface area contributed by atoms with E-state index in [2.05, 4.69) is 11.3 Å². The van der Waals surface area contributed by atoms with Gasteiger partial charge in [0.05, 0.1) is 5.69 Å². The molecule has 0 bridgehead atoms. The van der Waals surface area contributed by atoms with Crippen molar-refractivity contribution in [3.05, 3.63) is 59.9 Å². The minimum atomic E-state index is -3.71. The smallest absolute Gasteiger partial charge is 0.286 e. The largest absolute Gasteiger partial charge is 0.319 e. The Kier molecular flexibility index (Phi) is 5.44. The summed E-state index contributed by atoms with van der Waals surface area (Å²) in [7, 11) is -3.71. The van der Waals surface area contributed by atoms with Gasteiger partial charge >= 0.3 is 0 Å². The van der Waals surface area contributed by atoms with E-state index in [1.54, 1.807) is 24.3 Å². The second kappa shape index (κ2) is 7.58. The second-order valence-electron chi connectivity index (χ2n) is 5.74. The van der Waals surface area contributed by atoms with E-state index in [1.807, 2.05) is 17.0 Å². The van der Waals surface area contributed by atoms with E-state index in [9.17, 15) is 12.8 Å². The first-order chi connectivity index (χ1) is 12.0. The third-order valence-corrected chi connectivity index (χ3v) is 6.33. The molecule has 0 spiro atoms. The Morgan fingerprint density at radius 2 is 1.96 bits per heavy atom. The van der Waals surface area contributed by atoms with Crippen molar-refractivity contribution in [3.8, 4) is 0 Å². The van der Waals surface area contributed by atoms with E-state index in [0.717, 1.165) is 18.4 Å². The summed E-state index contributed by atoms with van der Waals surface area (Å²) >= 11 is 1.31. The third-order valence-electron chi connectivity index (χ3n) is 3.86. The van der Waals surface area contributed by atoms with Crippen LogP contribution in [0.2, 0.25) is 0 Å². The number of rotatable bonds is 5. The quantitative estimate of drug-likeness (QED) is 0.773. The molecule has 0 saturated carbocycles. The number of fused-ring (bicyclic) bond motifs is 1. The van der Waals surface area contributed by atoms with Gasteiger partial charge in [-0.05, 0) is 36.2 Å². The van der Waals surface area contributed by atoms with Crippen LogP contribution in [0.1, 0.15) is 25.3 Å². The van der Waals surface area contributed by atoms with Crippen molar-refractivity contribution in [1.29, 1.82) is 0 Å². The van der Waals surface area contributed by atoms with Gasteiger partial charge in [0.2, 0.25) is 0 Å². The minimum absolute atomic E-state index is 0.237. The molecule has 0 N–H and O–H groups in total. The topological polar surface area (TPSA) is 49.7 Å². The van der Waals surface area contributed by atoms with Crippen LogP contribution in [0.3, 0.4) is 0 Å². The highest BCUT2D eigenvalue weighted by molar-refractivity contribution is 8.14. The van der Waals surface area contributed by atoms with Gasteiger partial charge in [0.25, 0.3) is 10.0 Å². The first-order valence-electron chi connectivity index (χ1n) is 8.10. The third kappa shape index (κ3) is 4.04. The van der Waals surface area contributed by atoms with Crippen LogP contribution in [0.15, 0.2) is 57.8 Å². The van der Waals surface area contributed by atoms with Crippen LogP contribution in [-0.4, -0.2) is 20.1 Å². The molecule has 4 nitrogen and oxygen atoms in total. The molecule has 2 aromatic rings. The molecule has 0 atom stereocenters. The van der Waals surface area contributed by atoms with Crippen LogP contribution in [0.25, 0.3) is 0 Å². The van der Waals surface area contributed by atoms with E-state index in [0.29, 0.717) is 23.2 Å². The molecular weight excluding hydrogens is 359 g/mol. The molecule has 2 aromatic carbocycles. The van der Waals surface area contributed by atoms with E-state index in [-0.39, 0.29) is 10.7 Å². The molecule has 3 rings (SSSR count). The number of unbranched alkanes of at least 4 members (excludes halogenated alkanes) is 1. The highest BCUT2D eigenvalue weighted by Gasteiger charge is 2.30. The SMILES string of the molecule is CCCCN1C(SCc2cccc(F)c2)=NS(=O)(=O)c2ccccc21. The van der Waals surface area contributed by atoms with E-state index in [1.165, 1.54) is 23.9 Å². The Bertz CT molecular complexity index is 897.